The Morgan fingerprint density at radius 1 is 1.33 bits per heavy atom. The fourth-order valence-corrected chi connectivity index (χ4v) is 1.54. The second kappa shape index (κ2) is 4.09. The maximum atomic E-state index is 13.0. The quantitative estimate of drug-likeness (QED) is 0.436. The third kappa shape index (κ3) is 2.49. The number of hydrogen-bond acceptors (Lipinski definition) is 1. The van der Waals surface area contributed by atoms with E-state index in [0.29, 0.717) is 6.07 Å². The van der Waals surface area contributed by atoms with E-state index in [2.05, 4.69) is 15.9 Å². The summed E-state index contributed by atoms with van der Waals surface area (Å²) in [6.45, 7) is 0. The number of ketones is 1. The standard InChI is InChI=1S/C8H2BrClF4O/c9-6-3(10)1-2-4(11)5(6)7(15)8(12,13)14/h1-2H. The molecule has 82 valence electrons. The summed E-state index contributed by atoms with van der Waals surface area (Å²) in [5, 5.41) is -0.163. The number of carbonyl (C=O) groups is 1. The molecule has 0 amide bonds. The van der Waals surface area contributed by atoms with Gasteiger partial charge in [0.25, 0.3) is 5.78 Å². The Bertz CT molecular complexity index is 416. The first-order valence-corrected chi connectivity index (χ1v) is 4.67. The van der Waals surface area contributed by atoms with Crippen LogP contribution < -0.4 is 0 Å². The molecule has 7 heteroatoms. The zero-order chi connectivity index (χ0) is 11.8. The molecule has 0 heterocycles. The summed E-state index contributed by atoms with van der Waals surface area (Å²) < 4.78 is 48.7. The molecule has 0 bridgehead atoms. The number of hydrogen-bond donors (Lipinski definition) is 0. The highest BCUT2D eigenvalue weighted by molar-refractivity contribution is 9.10. The van der Waals surface area contributed by atoms with E-state index in [1.54, 1.807) is 0 Å². The smallest absolute Gasteiger partial charge is 0.284 e. The zero-order valence-electron chi connectivity index (χ0n) is 6.83. The largest absolute Gasteiger partial charge is 0.455 e. The van der Waals surface area contributed by atoms with Crippen molar-refractivity contribution in [1.82, 2.24) is 0 Å². The Morgan fingerprint density at radius 2 is 1.87 bits per heavy atom. The molecule has 0 aliphatic carbocycles. The second-order valence-corrected chi connectivity index (χ2v) is 3.75. The summed E-state index contributed by atoms with van der Waals surface area (Å²) in [7, 11) is 0. The minimum atomic E-state index is -5.13. The molecule has 0 radical (unpaired) electrons. The molecule has 1 aromatic rings. The number of rotatable bonds is 1. The fourth-order valence-electron chi connectivity index (χ4n) is 0.877. The van der Waals surface area contributed by atoms with Crippen LogP contribution in [-0.2, 0) is 0 Å². The van der Waals surface area contributed by atoms with Crippen LogP contribution in [0.4, 0.5) is 17.6 Å². The van der Waals surface area contributed by atoms with Gasteiger partial charge in [0.15, 0.2) is 0 Å². The fraction of sp³-hybridized carbons (Fsp3) is 0.125. The molecule has 1 rings (SSSR count). The van der Waals surface area contributed by atoms with Gasteiger partial charge in [-0.3, -0.25) is 4.79 Å². The molecule has 1 aromatic carbocycles. The number of alkyl halides is 3. The van der Waals surface area contributed by atoms with Crippen LogP contribution in [0.15, 0.2) is 16.6 Å². The Hall–Kier alpha value is -0.620. The van der Waals surface area contributed by atoms with Gasteiger partial charge in [-0.1, -0.05) is 11.6 Å². The Kier molecular flexibility index (Phi) is 3.40. The van der Waals surface area contributed by atoms with Crippen LogP contribution in [0.25, 0.3) is 0 Å². The van der Waals surface area contributed by atoms with Crippen molar-refractivity contribution in [2.75, 3.05) is 0 Å². The molecule has 0 fully saturated rings. The summed E-state index contributed by atoms with van der Waals surface area (Å²) in [4.78, 5) is 10.8. The average molecular weight is 305 g/mol. The van der Waals surface area contributed by atoms with Crippen molar-refractivity contribution in [2.45, 2.75) is 6.18 Å². The third-order valence-corrected chi connectivity index (χ3v) is 2.90. The lowest BCUT2D eigenvalue weighted by atomic mass is 10.1. The molecule has 0 spiro atoms. The highest BCUT2D eigenvalue weighted by Gasteiger charge is 2.42. The summed E-state index contributed by atoms with van der Waals surface area (Å²) in [5.41, 5.74) is -1.10. The first-order valence-electron chi connectivity index (χ1n) is 3.50. The number of carbonyl (C=O) groups excluding carboxylic acids is 1. The molecular weight excluding hydrogens is 303 g/mol. The van der Waals surface area contributed by atoms with Crippen LogP contribution >= 0.6 is 27.5 Å². The molecule has 0 N–H and O–H groups in total. The lowest BCUT2D eigenvalue weighted by Crippen LogP contribution is -2.24. The minimum Gasteiger partial charge on any atom is -0.284 e. The van der Waals surface area contributed by atoms with Crippen molar-refractivity contribution in [3.8, 4) is 0 Å². The van der Waals surface area contributed by atoms with Crippen molar-refractivity contribution in [2.24, 2.45) is 0 Å². The van der Waals surface area contributed by atoms with Gasteiger partial charge in [-0.25, -0.2) is 4.39 Å². The number of benzene rings is 1. The molecule has 1 nitrogen and oxygen atoms in total. The van der Waals surface area contributed by atoms with Gasteiger partial charge in [0.1, 0.15) is 5.82 Å². The van der Waals surface area contributed by atoms with Crippen molar-refractivity contribution in [3.63, 3.8) is 0 Å². The lowest BCUT2D eigenvalue weighted by molar-refractivity contribution is -0.0888. The van der Waals surface area contributed by atoms with Crippen LogP contribution in [0.3, 0.4) is 0 Å². The van der Waals surface area contributed by atoms with Crippen molar-refractivity contribution < 1.29 is 22.4 Å². The molecule has 0 aliphatic rings. The normalized spacial score (nSPS) is 11.6. The highest BCUT2D eigenvalue weighted by atomic mass is 79.9. The monoisotopic (exact) mass is 304 g/mol. The van der Waals surface area contributed by atoms with E-state index >= 15 is 0 Å². The number of Topliss-reactive ketones (excluding diaryl/α,β-unsaturated/α-hetero) is 1. The van der Waals surface area contributed by atoms with Gasteiger partial charge >= 0.3 is 6.18 Å². The van der Waals surface area contributed by atoms with Gasteiger partial charge in [-0.15, -0.1) is 0 Å². The summed E-state index contributed by atoms with van der Waals surface area (Å²) in [6, 6.07) is 1.75. The maximum absolute atomic E-state index is 13.0. The molecule has 15 heavy (non-hydrogen) atoms. The predicted molar refractivity (Wildman–Crippen MR) is 49.5 cm³/mol. The van der Waals surface area contributed by atoms with Gasteiger partial charge < -0.3 is 0 Å². The van der Waals surface area contributed by atoms with Gasteiger partial charge in [0.2, 0.25) is 0 Å². The van der Waals surface area contributed by atoms with Crippen LogP contribution in [0.5, 0.6) is 0 Å². The van der Waals surface area contributed by atoms with E-state index in [1.807, 2.05) is 0 Å². The molecule has 0 saturated carbocycles. The Balaban J connectivity index is 3.38. The topological polar surface area (TPSA) is 17.1 Å². The summed E-state index contributed by atoms with van der Waals surface area (Å²) in [5.74, 6) is -3.54. The van der Waals surface area contributed by atoms with E-state index in [1.165, 1.54) is 0 Å². The van der Waals surface area contributed by atoms with Crippen LogP contribution in [0.2, 0.25) is 5.02 Å². The second-order valence-electron chi connectivity index (χ2n) is 2.55. The number of halogens is 6. The van der Waals surface area contributed by atoms with E-state index in [9.17, 15) is 22.4 Å². The molecular formula is C8H2BrClF4O. The average Bonchev–Trinajstić information content (AvgIpc) is 2.10. The lowest BCUT2D eigenvalue weighted by Gasteiger charge is -2.08. The van der Waals surface area contributed by atoms with Crippen molar-refractivity contribution in [3.05, 3.63) is 33.0 Å². The van der Waals surface area contributed by atoms with Crippen LogP contribution in [-0.4, -0.2) is 12.0 Å². The molecule has 0 saturated heterocycles. The zero-order valence-corrected chi connectivity index (χ0v) is 9.17. The van der Waals surface area contributed by atoms with Crippen molar-refractivity contribution in [1.29, 1.82) is 0 Å². The summed E-state index contributed by atoms with van der Waals surface area (Å²) in [6.07, 6.45) is -5.13. The van der Waals surface area contributed by atoms with Crippen LogP contribution in [0.1, 0.15) is 10.4 Å². The van der Waals surface area contributed by atoms with Gasteiger partial charge in [0.05, 0.1) is 15.1 Å². The summed E-state index contributed by atoms with van der Waals surface area (Å²) >= 11 is 8.08. The van der Waals surface area contributed by atoms with E-state index in [0.717, 1.165) is 6.07 Å². The third-order valence-electron chi connectivity index (χ3n) is 1.53. The SMILES string of the molecule is O=C(c1c(F)ccc(Cl)c1Br)C(F)(F)F. The molecule has 0 atom stereocenters. The van der Waals surface area contributed by atoms with Crippen LogP contribution in [0, 0.1) is 5.82 Å². The first-order chi connectivity index (χ1) is 6.75. The molecule has 0 aromatic heterocycles. The maximum Gasteiger partial charge on any atom is 0.455 e. The predicted octanol–water partition coefficient (Wildman–Crippen LogP) is 3.99. The van der Waals surface area contributed by atoms with E-state index < -0.39 is 27.8 Å². The Labute approximate surface area is 95.2 Å². The van der Waals surface area contributed by atoms with Crippen molar-refractivity contribution >= 4 is 33.3 Å². The highest BCUT2D eigenvalue weighted by Crippen LogP contribution is 2.32. The van der Waals surface area contributed by atoms with Gasteiger partial charge in [0, 0.05) is 0 Å². The van der Waals surface area contributed by atoms with Gasteiger partial charge in [-0.05, 0) is 28.1 Å². The van der Waals surface area contributed by atoms with E-state index in [-0.39, 0.29) is 5.02 Å². The molecule has 0 unspecified atom stereocenters. The first kappa shape index (κ1) is 12.4. The molecule has 0 aliphatic heterocycles. The minimum absolute atomic E-state index is 0.163. The van der Waals surface area contributed by atoms with Gasteiger partial charge in [-0.2, -0.15) is 13.2 Å². The van der Waals surface area contributed by atoms with E-state index in [4.69, 9.17) is 11.6 Å². The Morgan fingerprint density at radius 3 is 2.33 bits per heavy atom.